The molecule has 0 aliphatic rings. The first kappa shape index (κ1) is 15.8. The molecule has 3 rings (SSSR count). The van der Waals surface area contributed by atoms with Gasteiger partial charge < -0.3 is 4.57 Å². The van der Waals surface area contributed by atoms with Crippen molar-refractivity contribution in [1.82, 2.24) is 4.57 Å². The van der Waals surface area contributed by atoms with Crippen LogP contribution in [0.2, 0.25) is 0 Å². The lowest BCUT2D eigenvalue weighted by Crippen LogP contribution is -1.96. The molecule has 1 heteroatoms. The van der Waals surface area contributed by atoms with Gasteiger partial charge in [-0.1, -0.05) is 69.0 Å². The van der Waals surface area contributed by atoms with Gasteiger partial charge in [-0.2, -0.15) is 0 Å². The predicted octanol–water partition coefficient (Wildman–Crippen LogP) is 6.33. The van der Waals surface area contributed by atoms with Crippen molar-refractivity contribution in [3.63, 3.8) is 0 Å². The SMILES string of the molecule is C=Cc1c(/C=C\C)c2ccccc2n1-c1ccccc1.CC. The van der Waals surface area contributed by atoms with Crippen LogP contribution < -0.4 is 0 Å². The molecule has 0 unspecified atom stereocenters. The molecule has 0 aliphatic heterocycles. The van der Waals surface area contributed by atoms with Gasteiger partial charge in [-0.05, 0) is 31.2 Å². The summed E-state index contributed by atoms with van der Waals surface area (Å²) in [5.74, 6) is 0. The maximum absolute atomic E-state index is 4.00. The lowest BCUT2D eigenvalue weighted by Gasteiger charge is -2.08. The quantitative estimate of drug-likeness (QED) is 0.530. The Morgan fingerprint density at radius 3 is 2.18 bits per heavy atom. The molecule has 0 atom stereocenters. The number of hydrogen-bond donors (Lipinski definition) is 0. The summed E-state index contributed by atoms with van der Waals surface area (Å²) in [6.07, 6.45) is 6.16. The Morgan fingerprint density at radius 1 is 0.909 bits per heavy atom. The third-order valence-corrected chi connectivity index (χ3v) is 3.49. The van der Waals surface area contributed by atoms with E-state index in [1.807, 2.05) is 32.9 Å². The molecule has 0 saturated heterocycles. The summed E-state index contributed by atoms with van der Waals surface area (Å²) in [6.45, 7) is 10.0. The van der Waals surface area contributed by atoms with E-state index in [1.54, 1.807) is 0 Å². The van der Waals surface area contributed by atoms with Crippen molar-refractivity contribution >= 4 is 23.1 Å². The number of benzene rings is 2. The fourth-order valence-electron chi connectivity index (χ4n) is 2.68. The monoisotopic (exact) mass is 289 g/mol. The van der Waals surface area contributed by atoms with Gasteiger partial charge in [0.05, 0.1) is 11.2 Å². The molecule has 112 valence electrons. The molecule has 0 saturated carbocycles. The van der Waals surface area contributed by atoms with Crippen molar-refractivity contribution in [1.29, 1.82) is 0 Å². The van der Waals surface area contributed by atoms with E-state index in [0.29, 0.717) is 0 Å². The first-order chi connectivity index (χ1) is 10.9. The number of nitrogens with zero attached hydrogens (tertiary/aromatic N) is 1. The number of allylic oxidation sites excluding steroid dienone is 1. The molecule has 0 radical (unpaired) electrons. The molecule has 0 aliphatic carbocycles. The lowest BCUT2D eigenvalue weighted by atomic mass is 10.1. The minimum Gasteiger partial charge on any atom is -0.309 e. The molecular formula is C21H23N. The Kier molecular flexibility index (Phi) is 5.37. The highest BCUT2D eigenvalue weighted by molar-refractivity contribution is 5.95. The van der Waals surface area contributed by atoms with Crippen molar-refractivity contribution < 1.29 is 0 Å². The van der Waals surface area contributed by atoms with E-state index in [4.69, 9.17) is 0 Å². The molecule has 1 nitrogen and oxygen atoms in total. The fourth-order valence-corrected chi connectivity index (χ4v) is 2.68. The third kappa shape index (κ3) is 2.75. The minimum absolute atomic E-state index is 1.13. The normalized spacial score (nSPS) is 10.5. The predicted molar refractivity (Wildman–Crippen MR) is 99.4 cm³/mol. The summed E-state index contributed by atoms with van der Waals surface area (Å²) in [5.41, 5.74) is 4.73. The van der Waals surface area contributed by atoms with E-state index in [2.05, 4.69) is 71.8 Å². The van der Waals surface area contributed by atoms with Crippen molar-refractivity contribution in [2.24, 2.45) is 0 Å². The first-order valence-corrected chi connectivity index (χ1v) is 7.81. The third-order valence-electron chi connectivity index (χ3n) is 3.49. The molecule has 1 aromatic heterocycles. The Labute approximate surface area is 133 Å². The summed E-state index contributed by atoms with van der Waals surface area (Å²) in [5, 5.41) is 1.25. The molecule has 3 aromatic rings. The molecule has 0 spiro atoms. The summed E-state index contributed by atoms with van der Waals surface area (Å²) in [6, 6.07) is 18.9. The van der Waals surface area contributed by atoms with Gasteiger partial charge >= 0.3 is 0 Å². The molecule has 0 bridgehead atoms. The van der Waals surface area contributed by atoms with E-state index >= 15 is 0 Å². The second kappa shape index (κ2) is 7.46. The number of fused-ring (bicyclic) bond motifs is 1. The smallest absolute Gasteiger partial charge is 0.0541 e. The molecule has 0 N–H and O–H groups in total. The van der Waals surface area contributed by atoms with E-state index in [0.717, 1.165) is 11.4 Å². The van der Waals surface area contributed by atoms with E-state index in [1.165, 1.54) is 16.5 Å². The van der Waals surface area contributed by atoms with Crippen LogP contribution in [-0.4, -0.2) is 4.57 Å². The van der Waals surface area contributed by atoms with Gasteiger partial charge in [-0.3, -0.25) is 0 Å². The van der Waals surface area contributed by atoms with Gasteiger partial charge in [0, 0.05) is 16.6 Å². The van der Waals surface area contributed by atoms with Crippen molar-refractivity contribution in [3.05, 3.63) is 78.5 Å². The molecular weight excluding hydrogens is 266 g/mol. The second-order valence-electron chi connectivity index (χ2n) is 4.69. The lowest BCUT2D eigenvalue weighted by molar-refractivity contribution is 1.11. The number of para-hydroxylation sites is 2. The van der Waals surface area contributed by atoms with Crippen LogP contribution in [0.1, 0.15) is 32.0 Å². The highest BCUT2D eigenvalue weighted by Crippen LogP contribution is 2.31. The van der Waals surface area contributed by atoms with Gasteiger partial charge in [0.1, 0.15) is 0 Å². The number of hydrogen-bond acceptors (Lipinski definition) is 0. The summed E-state index contributed by atoms with van der Waals surface area (Å²) >= 11 is 0. The Hall–Kier alpha value is -2.54. The Bertz CT molecular complexity index is 776. The van der Waals surface area contributed by atoms with Crippen LogP contribution in [0.25, 0.3) is 28.7 Å². The van der Waals surface area contributed by atoms with Crippen LogP contribution in [0.15, 0.2) is 67.3 Å². The van der Waals surface area contributed by atoms with Gasteiger partial charge in [-0.25, -0.2) is 0 Å². The van der Waals surface area contributed by atoms with Crippen LogP contribution in [0.5, 0.6) is 0 Å². The number of rotatable bonds is 3. The number of aromatic nitrogens is 1. The zero-order valence-corrected chi connectivity index (χ0v) is 13.6. The summed E-state index contributed by atoms with van der Waals surface area (Å²) < 4.78 is 2.26. The molecule has 0 amide bonds. The topological polar surface area (TPSA) is 4.93 Å². The standard InChI is InChI=1S/C19H17N.C2H6/c1-3-10-16-17-13-8-9-14-19(17)20(18(16)4-2)15-11-6-5-7-12-15;1-2/h3-14H,2H2,1H3;1-2H3/b10-3-;. The largest absolute Gasteiger partial charge is 0.309 e. The van der Waals surface area contributed by atoms with E-state index in [-0.39, 0.29) is 0 Å². The zero-order valence-electron chi connectivity index (χ0n) is 13.6. The maximum atomic E-state index is 4.00. The Morgan fingerprint density at radius 2 is 1.55 bits per heavy atom. The van der Waals surface area contributed by atoms with Gasteiger partial charge in [0.25, 0.3) is 0 Å². The fraction of sp³-hybridized carbons (Fsp3) is 0.143. The van der Waals surface area contributed by atoms with Gasteiger partial charge in [-0.15, -0.1) is 0 Å². The molecule has 2 aromatic carbocycles. The average Bonchev–Trinajstić information content (AvgIpc) is 2.92. The minimum atomic E-state index is 1.13. The van der Waals surface area contributed by atoms with Gasteiger partial charge in [0.15, 0.2) is 0 Å². The Balaban J connectivity index is 0.000000847. The molecule has 0 fully saturated rings. The van der Waals surface area contributed by atoms with E-state index < -0.39 is 0 Å². The van der Waals surface area contributed by atoms with Crippen molar-refractivity contribution in [3.8, 4) is 5.69 Å². The van der Waals surface area contributed by atoms with Crippen LogP contribution in [0.3, 0.4) is 0 Å². The summed E-state index contributed by atoms with van der Waals surface area (Å²) in [4.78, 5) is 0. The van der Waals surface area contributed by atoms with Crippen molar-refractivity contribution in [2.75, 3.05) is 0 Å². The highest BCUT2D eigenvalue weighted by atomic mass is 15.0. The van der Waals surface area contributed by atoms with Crippen molar-refractivity contribution in [2.45, 2.75) is 20.8 Å². The van der Waals surface area contributed by atoms with Crippen LogP contribution in [0, 0.1) is 0 Å². The van der Waals surface area contributed by atoms with Gasteiger partial charge in [0.2, 0.25) is 0 Å². The second-order valence-corrected chi connectivity index (χ2v) is 4.69. The first-order valence-electron chi connectivity index (χ1n) is 7.81. The summed E-state index contributed by atoms with van der Waals surface area (Å²) in [7, 11) is 0. The van der Waals surface area contributed by atoms with E-state index in [9.17, 15) is 0 Å². The van der Waals surface area contributed by atoms with Crippen LogP contribution in [-0.2, 0) is 0 Å². The average molecular weight is 289 g/mol. The molecule has 1 heterocycles. The zero-order chi connectivity index (χ0) is 15.9. The van der Waals surface area contributed by atoms with Crippen LogP contribution >= 0.6 is 0 Å². The maximum Gasteiger partial charge on any atom is 0.0541 e. The van der Waals surface area contributed by atoms with Crippen LogP contribution in [0.4, 0.5) is 0 Å². The highest BCUT2D eigenvalue weighted by Gasteiger charge is 2.13. The molecule has 22 heavy (non-hydrogen) atoms.